The summed E-state index contributed by atoms with van der Waals surface area (Å²) < 4.78 is 1.91. The number of amides is 1. The molecular weight excluding hydrogens is 326 g/mol. The zero-order chi connectivity index (χ0) is 18.1. The molecule has 0 spiro atoms. The highest BCUT2D eigenvalue weighted by Crippen LogP contribution is 2.22. The van der Waals surface area contributed by atoms with E-state index in [2.05, 4.69) is 15.1 Å². The van der Waals surface area contributed by atoms with Crippen LogP contribution in [0.15, 0.2) is 36.7 Å². The van der Waals surface area contributed by atoms with Crippen molar-refractivity contribution in [2.24, 2.45) is 0 Å². The van der Waals surface area contributed by atoms with Crippen molar-refractivity contribution >= 4 is 16.9 Å². The Hall–Kier alpha value is -2.76. The van der Waals surface area contributed by atoms with Crippen LogP contribution >= 0.6 is 0 Å². The lowest BCUT2D eigenvalue weighted by Crippen LogP contribution is -2.45. The standard InChI is InChI=1S/C20H23N5O/c1-14-15(2)23-19-12-16(7-8-18(19)22-14)20(26)25-11-4-3-6-17(25)13-24-10-5-9-21-24/h5,7-10,12,17H,3-4,6,11,13H2,1-2H3. The van der Waals surface area contributed by atoms with Crippen LogP contribution in [-0.4, -0.2) is 43.1 Å². The molecule has 1 atom stereocenters. The predicted molar refractivity (Wildman–Crippen MR) is 99.9 cm³/mol. The highest BCUT2D eigenvalue weighted by Gasteiger charge is 2.28. The van der Waals surface area contributed by atoms with Gasteiger partial charge in [-0.15, -0.1) is 0 Å². The van der Waals surface area contributed by atoms with Gasteiger partial charge >= 0.3 is 0 Å². The topological polar surface area (TPSA) is 63.9 Å². The number of hydrogen-bond acceptors (Lipinski definition) is 4. The molecule has 3 heterocycles. The first-order valence-corrected chi connectivity index (χ1v) is 9.15. The fourth-order valence-corrected chi connectivity index (χ4v) is 3.61. The maximum atomic E-state index is 13.2. The Labute approximate surface area is 152 Å². The predicted octanol–water partition coefficient (Wildman–Crippen LogP) is 3.14. The average molecular weight is 349 g/mol. The van der Waals surface area contributed by atoms with Gasteiger partial charge in [-0.05, 0) is 57.4 Å². The maximum Gasteiger partial charge on any atom is 0.254 e. The van der Waals surface area contributed by atoms with Gasteiger partial charge in [0.05, 0.1) is 35.0 Å². The molecule has 0 radical (unpaired) electrons. The molecule has 26 heavy (non-hydrogen) atoms. The zero-order valence-electron chi connectivity index (χ0n) is 15.2. The number of nitrogens with zero attached hydrogens (tertiary/aromatic N) is 5. The quantitative estimate of drug-likeness (QED) is 0.729. The van der Waals surface area contributed by atoms with Crippen molar-refractivity contribution in [3.8, 4) is 0 Å². The number of aromatic nitrogens is 4. The molecule has 1 amide bonds. The van der Waals surface area contributed by atoms with Crippen LogP contribution in [0, 0.1) is 13.8 Å². The summed E-state index contributed by atoms with van der Waals surface area (Å²) in [6, 6.07) is 7.73. The van der Waals surface area contributed by atoms with Crippen molar-refractivity contribution in [3.05, 3.63) is 53.6 Å². The van der Waals surface area contributed by atoms with Gasteiger partial charge in [-0.1, -0.05) is 0 Å². The summed E-state index contributed by atoms with van der Waals surface area (Å²) in [6.45, 7) is 5.43. The van der Waals surface area contributed by atoms with Gasteiger partial charge in [-0.2, -0.15) is 5.10 Å². The van der Waals surface area contributed by atoms with E-state index in [9.17, 15) is 4.79 Å². The van der Waals surface area contributed by atoms with E-state index < -0.39 is 0 Å². The Morgan fingerprint density at radius 2 is 1.96 bits per heavy atom. The fourth-order valence-electron chi connectivity index (χ4n) is 3.61. The van der Waals surface area contributed by atoms with Crippen molar-refractivity contribution in [1.82, 2.24) is 24.6 Å². The molecule has 2 aromatic heterocycles. The van der Waals surface area contributed by atoms with Crippen LogP contribution in [0.4, 0.5) is 0 Å². The van der Waals surface area contributed by atoms with Crippen LogP contribution in [0.2, 0.25) is 0 Å². The van der Waals surface area contributed by atoms with E-state index in [1.807, 2.05) is 53.9 Å². The number of carbonyl (C=O) groups is 1. The second-order valence-corrected chi connectivity index (χ2v) is 6.97. The summed E-state index contributed by atoms with van der Waals surface area (Å²) in [5.41, 5.74) is 4.11. The first kappa shape index (κ1) is 16.7. The van der Waals surface area contributed by atoms with E-state index in [1.165, 1.54) is 0 Å². The largest absolute Gasteiger partial charge is 0.334 e. The van der Waals surface area contributed by atoms with Crippen molar-refractivity contribution in [2.75, 3.05) is 6.54 Å². The molecule has 0 bridgehead atoms. The van der Waals surface area contributed by atoms with Gasteiger partial charge in [0.2, 0.25) is 0 Å². The molecule has 6 nitrogen and oxygen atoms in total. The van der Waals surface area contributed by atoms with Gasteiger partial charge in [0.15, 0.2) is 0 Å². The lowest BCUT2D eigenvalue weighted by Gasteiger charge is -2.35. The molecule has 1 unspecified atom stereocenters. The summed E-state index contributed by atoms with van der Waals surface area (Å²) in [6.07, 6.45) is 6.94. The van der Waals surface area contributed by atoms with Crippen LogP contribution in [-0.2, 0) is 6.54 Å². The summed E-state index contributed by atoms with van der Waals surface area (Å²) in [5.74, 6) is 0.0729. The minimum atomic E-state index is 0.0729. The lowest BCUT2D eigenvalue weighted by molar-refractivity contribution is 0.0584. The second kappa shape index (κ2) is 6.86. The maximum absolute atomic E-state index is 13.2. The Morgan fingerprint density at radius 3 is 2.73 bits per heavy atom. The van der Waals surface area contributed by atoms with E-state index >= 15 is 0 Å². The van der Waals surface area contributed by atoms with Crippen LogP contribution in [0.3, 0.4) is 0 Å². The lowest BCUT2D eigenvalue weighted by atomic mass is 10.0. The summed E-state index contributed by atoms with van der Waals surface area (Å²) in [7, 11) is 0. The van der Waals surface area contributed by atoms with Crippen LogP contribution in [0.25, 0.3) is 11.0 Å². The summed E-state index contributed by atoms with van der Waals surface area (Å²) in [5, 5.41) is 4.30. The first-order valence-electron chi connectivity index (χ1n) is 9.15. The Kier molecular flexibility index (Phi) is 4.41. The number of fused-ring (bicyclic) bond motifs is 1. The van der Waals surface area contributed by atoms with E-state index in [0.29, 0.717) is 5.56 Å². The number of carbonyl (C=O) groups excluding carboxylic acids is 1. The van der Waals surface area contributed by atoms with Gasteiger partial charge < -0.3 is 4.90 Å². The highest BCUT2D eigenvalue weighted by atomic mass is 16.2. The fraction of sp³-hybridized carbons (Fsp3) is 0.400. The number of hydrogen-bond donors (Lipinski definition) is 0. The molecule has 1 saturated heterocycles. The van der Waals surface area contributed by atoms with E-state index in [-0.39, 0.29) is 11.9 Å². The minimum Gasteiger partial charge on any atom is -0.334 e. The first-order chi connectivity index (χ1) is 12.6. The molecular formula is C20H23N5O. The number of likely N-dealkylation sites (tertiary alicyclic amines) is 1. The van der Waals surface area contributed by atoms with Gasteiger partial charge in [0, 0.05) is 24.5 Å². The van der Waals surface area contributed by atoms with Crippen molar-refractivity contribution in [2.45, 2.75) is 45.7 Å². The number of piperidine rings is 1. The van der Waals surface area contributed by atoms with Gasteiger partial charge in [-0.3, -0.25) is 9.48 Å². The molecule has 3 aromatic rings. The normalized spacial score (nSPS) is 17.6. The molecule has 6 heteroatoms. The Bertz CT molecular complexity index is 935. The molecule has 1 fully saturated rings. The highest BCUT2D eigenvalue weighted by molar-refractivity contribution is 5.97. The van der Waals surface area contributed by atoms with E-state index in [4.69, 9.17) is 0 Å². The third-order valence-electron chi connectivity index (χ3n) is 5.17. The van der Waals surface area contributed by atoms with Gasteiger partial charge in [0.1, 0.15) is 0 Å². The van der Waals surface area contributed by atoms with Crippen LogP contribution in [0.1, 0.15) is 41.0 Å². The minimum absolute atomic E-state index is 0.0729. The van der Waals surface area contributed by atoms with Gasteiger partial charge in [-0.25, -0.2) is 9.97 Å². The Morgan fingerprint density at radius 1 is 1.15 bits per heavy atom. The molecule has 1 aliphatic rings. The van der Waals surface area contributed by atoms with E-state index in [0.717, 1.165) is 54.8 Å². The van der Waals surface area contributed by atoms with Crippen molar-refractivity contribution in [3.63, 3.8) is 0 Å². The molecule has 4 rings (SSSR count). The number of aryl methyl sites for hydroxylation is 2. The van der Waals surface area contributed by atoms with Crippen molar-refractivity contribution < 1.29 is 4.79 Å². The molecule has 0 aliphatic carbocycles. The second-order valence-electron chi connectivity index (χ2n) is 6.97. The van der Waals surface area contributed by atoms with E-state index in [1.54, 1.807) is 6.20 Å². The van der Waals surface area contributed by atoms with Crippen molar-refractivity contribution in [1.29, 1.82) is 0 Å². The summed E-state index contributed by atoms with van der Waals surface area (Å²) >= 11 is 0. The number of benzene rings is 1. The van der Waals surface area contributed by atoms with Crippen LogP contribution in [0.5, 0.6) is 0 Å². The number of rotatable bonds is 3. The van der Waals surface area contributed by atoms with Gasteiger partial charge in [0.25, 0.3) is 5.91 Å². The molecule has 134 valence electrons. The summed E-state index contributed by atoms with van der Waals surface area (Å²) in [4.78, 5) is 24.3. The SMILES string of the molecule is Cc1nc2ccc(C(=O)N3CCCCC3Cn3cccn3)cc2nc1C. The monoisotopic (exact) mass is 349 g/mol. The average Bonchev–Trinajstić information content (AvgIpc) is 3.15. The zero-order valence-corrected chi connectivity index (χ0v) is 15.2. The molecule has 0 saturated carbocycles. The Balaban J connectivity index is 1.62. The van der Waals surface area contributed by atoms with Crippen LogP contribution < -0.4 is 0 Å². The molecule has 0 N–H and O–H groups in total. The third-order valence-corrected chi connectivity index (χ3v) is 5.17. The smallest absolute Gasteiger partial charge is 0.254 e. The molecule has 1 aromatic carbocycles. The molecule has 1 aliphatic heterocycles. The third kappa shape index (κ3) is 3.19.